The van der Waals surface area contributed by atoms with Crippen LogP contribution in [0.5, 0.6) is 5.75 Å². The summed E-state index contributed by atoms with van der Waals surface area (Å²) in [4.78, 5) is 29.4. The molecule has 12 heteroatoms. The smallest absolute Gasteiger partial charge is 0.382 e. The lowest BCUT2D eigenvalue weighted by atomic mass is 9.79. The Balaban J connectivity index is 3.35. The third-order valence-electron chi connectivity index (χ3n) is 5.75. The Morgan fingerprint density at radius 2 is 1.59 bits per heavy atom. The minimum absolute atomic E-state index is 0.0211. The summed E-state index contributed by atoms with van der Waals surface area (Å²) >= 11 is 1.21. The van der Waals surface area contributed by atoms with E-state index >= 15 is 0 Å². The molecule has 0 heterocycles. The zero-order chi connectivity index (χ0) is 30.2. The number of nitrogens with zero attached hydrogens (tertiary/aromatic N) is 2. The third-order valence-corrected chi connectivity index (χ3v) is 8.67. The Morgan fingerprint density at radius 3 is 1.97 bits per heavy atom. The number of phenolic OH excluding ortho intramolecular Hbond substituents is 1. The maximum Gasteiger partial charge on any atom is 0.382 e. The molecule has 0 aliphatic carbocycles. The Morgan fingerprint density at radius 1 is 1.10 bits per heavy atom. The summed E-state index contributed by atoms with van der Waals surface area (Å²) in [6.45, 7) is 18.4. The second-order valence-corrected chi connectivity index (χ2v) is 14.0. The number of rotatable bonds is 13. The summed E-state index contributed by atoms with van der Waals surface area (Å²) in [5.41, 5.74) is 0.867. The maximum atomic E-state index is 13.4. The van der Waals surface area contributed by atoms with Crippen LogP contribution in [0.15, 0.2) is 33.8 Å². The van der Waals surface area contributed by atoms with Crippen LogP contribution < -0.4 is 0 Å². The average molecular weight is 587 g/mol. The summed E-state index contributed by atoms with van der Waals surface area (Å²) in [7, 11) is -4.02. The predicted molar refractivity (Wildman–Crippen MR) is 155 cm³/mol. The van der Waals surface area contributed by atoms with Gasteiger partial charge in [-0.3, -0.25) is 14.7 Å². The Kier molecular flexibility index (Phi) is 12.9. The molecule has 39 heavy (non-hydrogen) atoms. The molecule has 1 N–H and O–H groups in total. The Hall–Kier alpha value is -2.20. The topological polar surface area (TPSA) is 138 Å². The highest BCUT2D eigenvalue weighted by Crippen LogP contribution is 2.50. The van der Waals surface area contributed by atoms with Crippen molar-refractivity contribution in [2.24, 2.45) is 5.16 Å². The summed E-state index contributed by atoms with van der Waals surface area (Å²) in [6, 6.07) is 2.63. The number of thioether (sulfide) groups is 1. The van der Waals surface area contributed by atoms with E-state index in [1.54, 1.807) is 20.8 Å². The number of nitro groups is 1. The normalized spacial score (nSPS) is 14.3. The van der Waals surface area contributed by atoms with Crippen molar-refractivity contribution in [3.63, 3.8) is 0 Å². The molecule has 0 aliphatic rings. The minimum atomic E-state index is -4.02. The van der Waals surface area contributed by atoms with Gasteiger partial charge in [-0.05, 0) is 49.3 Å². The standard InChI is InChI=1S/C27H43N2O8PS/c1-11-19(18(4)29(32)33)14-23(38(34,35-12-2)36-13-3)28-37-24(30)17-39-20-15-21(26(5,6)7)25(31)22(16-20)27(8,9)10/h14-16,18,31H,11-13,17H2,1-10H3/b19-14+,28-23-. The summed E-state index contributed by atoms with van der Waals surface area (Å²) in [5, 5.41) is 26.1. The first-order valence-electron chi connectivity index (χ1n) is 12.9. The van der Waals surface area contributed by atoms with E-state index in [9.17, 15) is 24.6 Å². The summed E-state index contributed by atoms with van der Waals surface area (Å²) in [6.07, 6.45) is 1.53. The molecular weight excluding hydrogens is 543 g/mol. The van der Waals surface area contributed by atoms with Crippen molar-refractivity contribution in [2.45, 2.75) is 97.4 Å². The molecule has 1 unspecified atom stereocenters. The van der Waals surface area contributed by atoms with Gasteiger partial charge in [0, 0.05) is 33.4 Å². The van der Waals surface area contributed by atoms with Crippen molar-refractivity contribution >= 4 is 30.8 Å². The van der Waals surface area contributed by atoms with Gasteiger partial charge in [-0.15, -0.1) is 11.8 Å². The number of carbonyl (C=O) groups excluding carboxylic acids is 1. The van der Waals surface area contributed by atoms with E-state index in [1.165, 1.54) is 24.8 Å². The second-order valence-electron chi connectivity index (χ2n) is 10.9. The lowest BCUT2D eigenvalue weighted by molar-refractivity contribution is -0.507. The molecule has 1 aromatic carbocycles. The molecule has 1 atom stereocenters. The minimum Gasteiger partial charge on any atom is -0.507 e. The fourth-order valence-corrected chi connectivity index (χ4v) is 5.81. The zero-order valence-electron chi connectivity index (χ0n) is 24.7. The van der Waals surface area contributed by atoms with Gasteiger partial charge in [-0.1, -0.05) is 53.6 Å². The van der Waals surface area contributed by atoms with Crippen molar-refractivity contribution in [1.82, 2.24) is 0 Å². The first-order valence-corrected chi connectivity index (χ1v) is 15.5. The predicted octanol–water partition coefficient (Wildman–Crippen LogP) is 7.20. The van der Waals surface area contributed by atoms with E-state index in [4.69, 9.17) is 13.9 Å². The van der Waals surface area contributed by atoms with Gasteiger partial charge in [-0.25, -0.2) is 4.79 Å². The van der Waals surface area contributed by atoms with E-state index in [2.05, 4.69) is 5.16 Å². The van der Waals surface area contributed by atoms with Crippen LogP contribution in [0.3, 0.4) is 0 Å². The molecule has 0 saturated heterocycles. The first-order chi connectivity index (χ1) is 17.9. The molecule has 0 aliphatic heterocycles. The number of phenols is 1. The highest BCUT2D eigenvalue weighted by molar-refractivity contribution is 8.00. The number of hydrogen-bond donors (Lipinski definition) is 1. The lowest BCUT2D eigenvalue weighted by Gasteiger charge is -2.28. The van der Waals surface area contributed by atoms with Crippen LogP contribution in [0.2, 0.25) is 0 Å². The van der Waals surface area contributed by atoms with Gasteiger partial charge in [0.15, 0.2) is 5.45 Å². The molecule has 0 saturated carbocycles. The van der Waals surface area contributed by atoms with Crippen LogP contribution in [0.25, 0.3) is 0 Å². The van der Waals surface area contributed by atoms with Gasteiger partial charge in [0.25, 0.3) is 0 Å². The average Bonchev–Trinajstić information content (AvgIpc) is 2.81. The molecule has 0 fully saturated rings. The monoisotopic (exact) mass is 586 g/mol. The van der Waals surface area contributed by atoms with Gasteiger partial charge in [-0.2, -0.15) is 0 Å². The SMILES string of the molecule is CCOP(=O)(OCC)C(/C=C(\CC)C(C)[N+](=O)[O-])=N\OC(=O)CSc1cc(C(C)(C)C)c(O)c(C(C)(C)C)c1. The molecule has 1 aromatic rings. The molecule has 0 bridgehead atoms. The van der Waals surface area contributed by atoms with Crippen LogP contribution in [0.4, 0.5) is 0 Å². The molecular formula is C27H43N2O8PS. The number of benzene rings is 1. The van der Waals surface area contributed by atoms with E-state index in [0.717, 1.165) is 16.0 Å². The van der Waals surface area contributed by atoms with E-state index in [-0.39, 0.29) is 47.4 Å². The molecule has 220 valence electrons. The fraction of sp³-hybridized carbons (Fsp3) is 0.630. The third kappa shape index (κ3) is 10.0. The van der Waals surface area contributed by atoms with Crippen LogP contribution in [-0.2, 0) is 34.1 Å². The Bertz CT molecular complexity index is 1090. The van der Waals surface area contributed by atoms with Gasteiger partial charge < -0.3 is 19.0 Å². The highest BCUT2D eigenvalue weighted by Gasteiger charge is 2.33. The second kappa shape index (κ2) is 14.4. The van der Waals surface area contributed by atoms with Gasteiger partial charge in [0.05, 0.1) is 19.0 Å². The van der Waals surface area contributed by atoms with Crippen LogP contribution in [0.1, 0.15) is 86.8 Å². The molecule has 0 aromatic heterocycles. The molecule has 0 amide bonds. The zero-order valence-corrected chi connectivity index (χ0v) is 26.4. The number of allylic oxidation sites excluding steroid dienone is 1. The van der Waals surface area contributed by atoms with Crippen LogP contribution in [0, 0.1) is 10.1 Å². The van der Waals surface area contributed by atoms with Crippen LogP contribution >= 0.6 is 19.4 Å². The van der Waals surface area contributed by atoms with E-state index in [1.807, 2.05) is 53.7 Å². The van der Waals surface area contributed by atoms with Gasteiger partial charge in [0.1, 0.15) is 5.75 Å². The number of oxime groups is 1. The molecule has 1 rings (SSSR count). The van der Waals surface area contributed by atoms with Crippen LogP contribution in [-0.4, -0.2) is 46.5 Å². The first kappa shape index (κ1) is 34.8. The molecule has 0 spiro atoms. The molecule has 0 radical (unpaired) electrons. The van der Waals surface area contributed by atoms with Gasteiger partial charge in [0.2, 0.25) is 6.04 Å². The number of carbonyl (C=O) groups is 1. The quantitative estimate of drug-likeness (QED) is 0.0635. The fourth-order valence-electron chi connectivity index (χ4n) is 3.59. The summed E-state index contributed by atoms with van der Waals surface area (Å²) < 4.78 is 24.1. The van der Waals surface area contributed by atoms with Crippen molar-refractivity contribution in [3.8, 4) is 5.75 Å². The van der Waals surface area contributed by atoms with E-state index < -0.39 is 24.5 Å². The Labute approximate surface area is 236 Å². The van der Waals surface area contributed by atoms with Crippen molar-refractivity contribution in [1.29, 1.82) is 0 Å². The van der Waals surface area contributed by atoms with E-state index in [0.29, 0.717) is 5.57 Å². The largest absolute Gasteiger partial charge is 0.507 e. The highest BCUT2D eigenvalue weighted by atomic mass is 32.2. The number of hydrogen-bond acceptors (Lipinski definition) is 10. The molecule has 10 nitrogen and oxygen atoms in total. The van der Waals surface area contributed by atoms with Crippen molar-refractivity contribution in [2.75, 3.05) is 19.0 Å². The lowest BCUT2D eigenvalue weighted by Crippen LogP contribution is -2.19. The van der Waals surface area contributed by atoms with Gasteiger partial charge >= 0.3 is 13.6 Å². The number of aromatic hydroxyl groups is 1. The van der Waals surface area contributed by atoms with Crippen molar-refractivity contribution in [3.05, 3.63) is 45.0 Å². The van der Waals surface area contributed by atoms with Crippen molar-refractivity contribution < 1.29 is 33.3 Å². The maximum absolute atomic E-state index is 13.4. The summed E-state index contributed by atoms with van der Waals surface area (Å²) in [5.74, 6) is -0.618.